The molecular weight excluding hydrogens is 474 g/mol. The fourth-order valence-electron chi connectivity index (χ4n) is 4.12. The van der Waals surface area contributed by atoms with Gasteiger partial charge in [0.1, 0.15) is 0 Å². The van der Waals surface area contributed by atoms with Gasteiger partial charge in [0.25, 0.3) is 0 Å². The van der Waals surface area contributed by atoms with Gasteiger partial charge in [0.05, 0.1) is 16.1 Å². The number of nitrogens with one attached hydrogen (secondary N) is 1. The molecule has 35 heavy (non-hydrogen) atoms. The van der Waals surface area contributed by atoms with Crippen molar-refractivity contribution in [2.24, 2.45) is 0 Å². The number of anilines is 1. The molecule has 1 fully saturated rings. The average molecular weight is 498 g/mol. The molecule has 1 N–H and O–H groups in total. The minimum absolute atomic E-state index is 0.0104. The normalized spacial score (nSPS) is 14.5. The number of hydrogen-bond acceptors (Lipinski definition) is 8. The van der Waals surface area contributed by atoms with E-state index >= 15 is 0 Å². The van der Waals surface area contributed by atoms with Gasteiger partial charge >= 0.3 is 5.76 Å². The Labute approximate surface area is 200 Å². The Morgan fingerprint density at radius 3 is 2.69 bits per heavy atom. The molecule has 1 aliphatic rings. The molecule has 0 aliphatic carbocycles. The molecule has 2 aromatic carbocycles. The monoisotopic (exact) mass is 497 g/mol. The summed E-state index contributed by atoms with van der Waals surface area (Å²) in [5, 5.41) is 14.2. The Balaban J connectivity index is 1.30. The maximum Gasteiger partial charge on any atom is 0.419 e. The highest BCUT2D eigenvalue weighted by molar-refractivity contribution is 7.89. The lowest BCUT2D eigenvalue weighted by atomic mass is 10.2. The molecule has 1 amide bonds. The maximum absolute atomic E-state index is 12.8. The Morgan fingerprint density at radius 1 is 1.14 bits per heavy atom. The minimum Gasteiger partial charge on any atom is -0.408 e. The van der Waals surface area contributed by atoms with Gasteiger partial charge in [-0.25, -0.2) is 13.2 Å². The predicted molar refractivity (Wildman–Crippen MR) is 126 cm³/mol. The quantitative estimate of drug-likeness (QED) is 0.406. The number of fused-ring (bicyclic) bond motifs is 1. The van der Waals surface area contributed by atoms with Crippen LogP contribution in [0.15, 0.2) is 56.6 Å². The average Bonchev–Trinajstić information content (AvgIpc) is 3.58. The van der Waals surface area contributed by atoms with Crippen LogP contribution in [0.25, 0.3) is 16.8 Å². The minimum atomic E-state index is -3.63. The Bertz CT molecular complexity index is 1560. The van der Waals surface area contributed by atoms with E-state index in [4.69, 9.17) is 4.42 Å². The molecule has 2 aromatic heterocycles. The van der Waals surface area contributed by atoms with Gasteiger partial charge in [-0.1, -0.05) is 6.07 Å². The molecule has 0 saturated carbocycles. The van der Waals surface area contributed by atoms with Crippen molar-refractivity contribution in [3.05, 3.63) is 58.8 Å². The fourth-order valence-corrected chi connectivity index (χ4v) is 5.65. The van der Waals surface area contributed by atoms with Gasteiger partial charge in [-0.2, -0.15) is 8.99 Å². The van der Waals surface area contributed by atoms with E-state index in [0.717, 1.165) is 12.8 Å². The molecule has 0 radical (unpaired) electrons. The van der Waals surface area contributed by atoms with Gasteiger partial charge < -0.3 is 9.73 Å². The number of oxazole rings is 1. The first kappa shape index (κ1) is 22.9. The molecule has 1 saturated heterocycles. The molecule has 0 atom stereocenters. The van der Waals surface area contributed by atoms with Gasteiger partial charge in [-0.15, -0.1) is 5.10 Å². The highest BCUT2D eigenvalue weighted by Crippen LogP contribution is 2.24. The van der Waals surface area contributed by atoms with Crippen molar-refractivity contribution in [3.63, 3.8) is 0 Å². The van der Waals surface area contributed by atoms with Crippen LogP contribution < -0.4 is 11.1 Å². The van der Waals surface area contributed by atoms with Gasteiger partial charge in [0.2, 0.25) is 15.9 Å². The van der Waals surface area contributed by atoms with Crippen molar-refractivity contribution < 1.29 is 17.6 Å². The number of sulfonamides is 1. The third-order valence-electron chi connectivity index (χ3n) is 5.90. The van der Waals surface area contributed by atoms with Crippen molar-refractivity contribution >= 4 is 32.7 Å². The van der Waals surface area contributed by atoms with E-state index in [9.17, 15) is 18.0 Å². The molecule has 3 heterocycles. The van der Waals surface area contributed by atoms with Crippen LogP contribution in [-0.2, 0) is 21.4 Å². The lowest BCUT2D eigenvalue weighted by Crippen LogP contribution is -2.27. The number of amides is 1. The lowest BCUT2D eigenvalue weighted by Gasteiger charge is -2.15. The van der Waals surface area contributed by atoms with Crippen LogP contribution in [-0.4, -0.2) is 56.5 Å². The number of aromatic nitrogens is 5. The molecule has 0 bridgehead atoms. The van der Waals surface area contributed by atoms with Gasteiger partial charge in [-0.3, -0.25) is 9.36 Å². The predicted octanol–water partition coefficient (Wildman–Crippen LogP) is 1.69. The summed E-state index contributed by atoms with van der Waals surface area (Å²) < 4.78 is 35.2. The summed E-state index contributed by atoms with van der Waals surface area (Å²) in [4.78, 5) is 25.1. The maximum atomic E-state index is 12.8. The van der Waals surface area contributed by atoms with Crippen molar-refractivity contribution in [2.75, 3.05) is 18.4 Å². The third kappa shape index (κ3) is 4.47. The van der Waals surface area contributed by atoms with Crippen LogP contribution in [0, 0.1) is 6.92 Å². The van der Waals surface area contributed by atoms with Gasteiger partial charge in [0, 0.05) is 37.8 Å². The molecule has 182 valence electrons. The zero-order valence-electron chi connectivity index (χ0n) is 18.9. The zero-order valence-corrected chi connectivity index (χ0v) is 19.7. The largest absolute Gasteiger partial charge is 0.419 e. The van der Waals surface area contributed by atoms with Crippen LogP contribution in [0.1, 0.15) is 25.1 Å². The summed E-state index contributed by atoms with van der Waals surface area (Å²) in [6.45, 7) is 2.81. The number of hydrogen-bond donors (Lipinski definition) is 1. The van der Waals surface area contributed by atoms with Crippen molar-refractivity contribution in [1.29, 1.82) is 0 Å². The highest BCUT2D eigenvalue weighted by Gasteiger charge is 2.28. The van der Waals surface area contributed by atoms with Crippen LogP contribution in [0.2, 0.25) is 0 Å². The Morgan fingerprint density at radius 2 is 1.94 bits per heavy atom. The van der Waals surface area contributed by atoms with Crippen molar-refractivity contribution in [2.45, 2.75) is 37.6 Å². The fraction of sp³-hybridized carbons (Fsp3) is 0.318. The van der Waals surface area contributed by atoms with E-state index in [1.807, 2.05) is 6.07 Å². The van der Waals surface area contributed by atoms with E-state index < -0.39 is 15.8 Å². The smallest absolute Gasteiger partial charge is 0.408 e. The molecule has 0 unspecified atom stereocenters. The van der Waals surface area contributed by atoms with Gasteiger partial charge in [0.15, 0.2) is 11.4 Å². The summed E-state index contributed by atoms with van der Waals surface area (Å²) in [7, 11) is -3.63. The Hall–Kier alpha value is -3.84. The Kier molecular flexibility index (Phi) is 5.94. The van der Waals surface area contributed by atoms with E-state index in [1.165, 1.54) is 21.0 Å². The van der Waals surface area contributed by atoms with Gasteiger partial charge in [-0.05, 0) is 60.5 Å². The number of nitrogens with zero attached hydrogens (tertiary/aromatic N) is 6. The second-order valence-corrected chi connectivity index (χ2v) is 10.2. The number of benzene rings is 2. The first-order chi connectivity index (χ1) is 16.8. The van der Waals surface area contributed by atoms with Crippen molar-refractivity contribution in [3.8, 4) is 5.69 Å². The summed E-state index contributed by atoms with van der Waals surface area (Å²) in [5.41, 5.74) is 1.85. The number of carbonyl (C=O) groups excluding carboxylic acids is 1. The molecule has 4 aromatic rings. The summed E-state index contributed by atoms with van der Waals surface area (Å²) in [6.07, 6.45) is 1.67. The molecular formula is C22H23N7O5S. The van der Waals surface area contributed by atoms with Crippen LogP contribution >= 0.6 is 0 Å². The number of tetrazole rings is 1. The van der Waals surface area contributed by atoms with E-state index in [2.05, 4.69) is 20.8 Å². The molecule has 12 nitrogen and oxygen atoms in total. The lowest BCUT2D eigenvalue weighted by molar-refractivity contribution is -0.116. The van der Waals surface area contributed by atoms with Crippen LogP contribution in [0.5, 0.6) is 0 Å². The van der Waals surface area contributed by atoms with Crippen LogP contribution in [0.4, 0.5) is 5.69 Å². The molecule has 5 rings (SSSR count). The molecule has 13 heteroatoms. The highest BCUT2D eigenvalue weighted by atomic mass is 32.2. The number of rotatable bonds is 7. The standard InChI is InChI=1S/C22H23N7O5S/c1-15-24-25-26-29(15)17-6-4-5-16(13-17)23-21(30)9-12-28-19-8-7-18(14-20(19)34-22(28)31)35(32,33)27-10-2-3-11-27/h4-8,13-14H,2-3,9-12H2,1H3,(H,23,30). The van der Waals surface area contributed by atoms with Crippen LogP contribution in [0.3, 0.4) is 0 Å². The van der Waals surface area contributed by atoms with E-state index in [-0.39, 0.29) is 29.4 Å². The first-order valence-electron chi connectivity index (χ1n) is 11.1. The van der Waals surface area contributed by atoms with Crippen molar-refractivity contribution in [1.82, 2.24) is 29.1 Å². The van der Waals surface area contributed by atoms with E-state index in [0.29, 0.717) is 35.8 Å². The van der Waals surface area contributed by atoms with E-state index in [1.54, 1.807) is 35.9 Å². The number of carbonyl (C=O) groups is 1. The first-order valence-corrected chi connectivity index (χ1v) is 12.6. The summed E-state index contributed by atoms with van der Waals surface area (Å²) in [5.74, 6) is -0.346. The summed E-state index contributed by atoms with van der Waals surface area (Å²) in [6, 6.07) is 11.4. The second-order valence-electron chi connectivity index (χ2n) is 8.25. The summed E-state index contributed by atoms with van der Waals surface area (Å²) >= 11 is 0. The molecule has 0 spiro atoms. The zero-order chi connectivity index (χ0) is 24.6. The number of aryl methyl sites for hydroxylation is 2. The topological polar surface area (TPSA) is 145 Å². The third-order valence-corrected chi connectivity index (χ3v) is 7.80. The molecule has 1 aliphatic heterocycles. The second kappa shape index (κ2) is 9.07. The SMILES string of the molecule is Cc1nnnn1-c1cccc(NC(=O)CCn2c(=O)oc3cc(S(=O)(=O)N4CCCC4)ccc32)c1.